The van der Waals surface area contributed by atoms with Crippen LogP contribution in [-0.2, 0) is 16.2 Å². The van der Waals surface area contributed by atoms with E-state index in [1.54, 1.807) is 0 Å². The molecule has 166 valence electrons. The summed E-state index contributed by atoms with van der Waals surface area (Å²) in [4.78, 5) is 0. The molecule has 0 fully saturated rings. The highest BCUT2D eigenvalue weighted by Gasteiger charge is 2.35. The van der Waals surface area contributed by atoms with Crippen LogP contribution in [0.15, 0.2) is 36.4 Å². The molecule has 0 atom stereocenters. The van der Waals surface area contributed by atoms with Crippen molar-refractivity contribution < 1.29 is 10.2 Å². The van der Waals surface area contributed by atoms with Crippen molar-refractivity contribution >= 4 is 0 Å². The van der Waals surface area contributed by atoms with Crippen molar-refractivity contribution in [1.82, 2.24) is 0 Å². The van der Waals surface area contributed by atoms with Crippen LogP contribution in [0.1, 0.15) is 110 Å². The van der Waals surface area contributed by atoms with Crippen molar-refractivity contribution in [1.29, 1.82) is 0 Å². The SMILES string of the molecule is CCCCC(CCC)(c1ccc(O)c(C(C)(C)C)c1)c1ccc(O)c(C(C)(C)C)c1. The fourth-order valence-electron chi connectivity index (χ4n) is 4.64. The highest BCUT2D eigenvalue weighted by atomic mass is 16.3. The number of benzene rings is 2. The Kier molecular flexibility index (Phi) is 7.32. The van der Waals surface area contributed by atoms with E-state index in [2.05, 4.69) is 79.7 Å². The Labute approximate surface area is 184 Å². The normalized spacial score (nSPS) is 12.9. The average molecular weight is 411 g/mol. The van der Waals surface area contributed by atoms with Crippen molar-refractivity contribution in [2.45, 2.75) is 104 Å². The average Bonchev–Trinajstić information content (AvgIpc) is 2.64. The monoisotopic (exact) mass is 410 g/mol. The number of phenolic OH excluding ortho intramolecular Hbond substituents is 2. The predicted octanol–water partition coefficient (Wildman–Crippen LogP) is 7.97. The molecule has 0 heterocycles. The van der Waals surface area contributed by atoms with E-state index in [0.717, 1.165) is 43.2 Å². The Morgan fingerprint density at radius 1 is 0.633 bits per heavy atom. The lowest BCUT2D eigenvalue weighted by atomic mass is 9.66. The van der Waals surface area contributed by atoms with Gasteiger partial charge in [-0.25, -0.2) is 0 Å². The molecule has 30 heavy (non-hydrogen) atoms. The Morgan fingerprint density at radius 2 is 1.07 bits per heavy atom. The molecule has 0 bridgehead atoms. The zero-order chi connectivity index (χ0) is 22.7. The van der Waals surface area contributed by atoms with E-state index in [9.17, 15) is 10.2 Å². The first-order valence-corrected chi connectivity index (χ1v) is 11.5. The molecule has 0 aliphatic carbocycles. The summed E-state index contributed by atoms with van der Waals surface area (Å²) in [6.07, 6.45) is 5.44. The second-order valence-corrected chi connectivity index (χ2v) is 10.9. The molecule has 0 aromatic heterocycles. The lowest BCUT2D eigenvalue weighted by Crippen LogP contribution is -2.29. The van der Waals surface area contributed by atoms with Gasteiger partial charge in [0.2, 0.25) is 0 Å². The maximum Gasteiger partial charge on any atom is 0.119 e. The third-order valence-corrected chi connectivity index (χ3v) is 6.35. The highest BCUT2D eigenvalue weighted by Crippen LogP contribution is 2.46. The van der Waals surface area contributed by atoms with Gasteiger partial charge in [0.15, 0.2) is 0 Å². The summed E-state index contributed by atoms with van der Waals surface area (Å²) in [6.45, 7) is 17.4. The van der Waals surface area contributed by atoms with Crippen LogP contribution in [-0.4, -0.2) is 10.2 Å². The summed E-state index contributed by atoms with van der Waals surface area (Å²) in [6, 6.07) is 12.4. The molecule has 0 unspecified atom stereocenters. The number of aromatic hydroxyl groups is 2. The second-order valence-electron chi connectivity index (χ2n) is 10.9. The molecule has 0 aliphatic rings. The zero-order valence-electron chi connectivity index (χ0n) is 20.4. The predicted molar refractivity (Wildman–Crippen MR) is 129 cm³/mol. The van der Waals surface area contributed by atoms with Crippen molar-refractivity contribution in [2.75, 3.05) is 0 Å². The van der Waals surface area contributed by atoms with E-state index < -0.39 is 0 Å². The third-order valence-electron chi connectivity index (χ3n) is 6.35. The summed E-state index contributed by atoms with van der Waals surface area (Å²) in [7, 11) is 0. The molecule has 2 aromatic rings. The minimum atomic E-state index is -0.133. The van der Waals surface area contributed by atoms with Gasteiger partial charge in [-0.1, -0.05) is 98.9 Å². The largest absolute Gasteiger partial charge is 0.508 e. The molecule has 2 rings (SSSR count). The quantitative estimate of drug-likeness (QED) is 0.486. The van der Waals surface area contributed by atoms with Gasteiger partial charge in [0.1, 0.15) is 11.5 Å². The standard InChI is InChI=1S/C28H42O2/c1-9-11-17-28(16-10-2,20-12-14-24(29)22(18-20)26(3,4)5)21-13-15-25(30)23(19-21)27(6,7)8/h12-15,18-19,29-30H,9-11,16-17H2,1-8H3. The van der Waals surface area contributed by atoms with Crippen LogP contribution in [0.5, 0.6) is 11.5 Å². The number of rotatable bonds is 7. The third kappa shape index (κ3) is 5.02. The summed E-state index contributed by atoms with van der Waals surface area (Å²) >= 11 is 0. The van der Waals surface area contributed by atoms with Crippen molar-refractivity contribution in [2.24, 2.45) is 0 Å². The number of hydrogen-bond donors (Lipinski definition) is 2. The van der Waals surface area contributed by atoms with Gasteiger partial charge in [0.25, 0.3) is 0 Å². The molecule has 2 nitrogen and oxygen atoms in total. The lowest BCUT2D eigenvalue weighted by molar-refractivity contribution is 0.405. The van der Waals surface area contributed by atoms with Crippen LogP contribution in [0.25, 0.3) is 0 Å². The van der Waals surface area contributed by atoms with Gasteiger partial charge in [-0.15, -0.1) is 0 Å². The Hall–Kier alpha value is -1.96. The highest BCUT2D eigenvalue weighted by molar-refractivity contribution is 5.50. The molecule has 0 saturated carbocycles. The van der Waals surface area contributed by atoms with Gasteiger partial charge in [0.05, 0.1) is 0 Å². The van der Waals surface area contributed by atoms with Gasteiger partial charge in [-0.05, 0) is 58.1 Å². The van der Waals surface area contributed by atoms with Crippen molar-refractivity contribution in [3.05, 3.63) is 58.7 Å². The van der Waals surface area contributed by atoms with Crippen LogP contribution in [0.2, 0.25) is 0 Å². The molecule has 0 amide bonds. The molecule has 0 radical (unpaired) electrons. The molecular formula is C28H42O2. The number of phenols is 2. The second kappa shape index (κ2) is 9.04. The van der Waals surface area contributed by atoms with Gasteiger partial charge in [-0.3, -0.25) is 0 Å². The van der Waals surface area contributed by atoms with Crippen molar-refractivity contribution in [3.63, 3.8) is 0 Å². The van der Waals surface area contributed by atoms with E-state index in [1.165, 1.54) is 11.1 Å². The van der Waals surface area contributed by atoms with E-state index >= 15 is 0 Å². The minimum Gasteiger partial charge on any atom is -0.508 e. The summed E-state index contributed by atoms with van der Waals surface area (Å²) in [5.41, 5.74) is 4.13. The first-order valence-electron chi connectivity index (χ1n) is 11.5. The Morgan fingerprint density at radius 3 is 1.40 bits per heavy atom. The summed E-state index contributed by atoms with van der Waals surface area (Å²) in [5, 5.41) is 21.1. The summed E-state index contributed by atoms with van der Waals surface area (Å²) < 4.78 is 0. The first kappa shape index (κ1) is 24.3. The fourth-order valence-corrected chi connectivity index (χ4v) is 4.64. The van der Waals surface area contributed by atoms with E-state index in [4.69, 9.17) is 0 Å². The molecule has 2 heteroatoms. The topological polar surface area (TPSA) is 40.5 Å². The van der Waals surface area contributed by atoms with Crippen LogP contribution < -0.4 is 0 Å². The van der Waals surface area contributed by atoms with Gasteiger partial charge < -0.3 is 10.2 Å². The molecule has 2 aromatic carbocycles. The van der Waals surface area contributed by atoms with E-state index in [-0.39, 0.29) is 16.2 Å². The maximum atomic E-state index is 10.6. The molecule has 0 saturated heterocycles. The van der Waals surface area contributed by atoms with Crippen LogP contribution in [0.4, 0.5) is 0 Å². The molecular weight excluding hydrogens is 368 g/mol. The van der Waals surface area contributed by atoms with Gasteiger partial charge >= 0.3 is 0 Å². The van der Waals surface area contributed by atoms with Crippen LogP contribution in [0, 0.1) is 0 Å². The molecule has 0 aliphatic heterocycles. The smallest absolute Gasteiger partial charge is 0.119 e. The fraction of sp³-hybridized carbons (Fsp3) is 0.571. The molecule has 0 spiro atoms. The zero-order valence-corrected chi connectivity index (χ0v) is 20.4. The first-order chi connectivity index (χ1) is 13.9. The van der Waals surface area contributed by atoms with Crippen LogP contribution >= 0.6 is 0 Å². The molecule has 2 N–H and O–H groups in total. The summed E-state index contributed by atoms with van der Waals surface area (Å²) in [5.74, 6) is 0.737. The Bertz CT molecular complexity index is 786. The minimum absolute atomic E-state index is 0.131. The lowest BCUT2D eigenvalue weighted by Gasteiger charge is -2.37. The van der Waals surface area contributed by atoms with E-state index in [0.29, 0.717) is 11.5 Å². The van der Waals surface area contributed by atoms with Gasteiger partial charge in [-0.2, -0.15) is 0 Å². The number of unbranched alkanes of at least 4 members (excludes halogenated alkanes) is 1. The van der Waals surface area contributed by atoms with Crippen LogP contribution in [0.3, 0.4) is 0 Å². The van der Waals surface area contributed by atoms with Gasteiger partial charge in [0, 0.05) is 5.41 Å². The Balaban J connectivity index is 2.81. The van der Waals surface area contributed by atoms with E-state index in [1.807, 2.05) is 12.1 Å². The van der Waals surface area contributed by atoms with Crippen molar-refractivity contribution in [3.8, 4) is 11.5 Å². The maximum absolute atomic E-state index is 10.6. The number of hydrogen-bond acceptors (Lipinski definition) is 2.